The highest BCUT2D eigenvalue weighted by atomic mass is 16.2. The lowest BCUT2D eigenvalue weighted by atomic mass is 10.1. The Labute approximate surface area is 133 Å². The van der Waals surface area contributed by atoms with E-state index in [0.717, 1.165) is 6.42 Å². The lowest BCUT2D eigenvalue weighted by Crippen LogP contribution is -2.27. The van der Waals surface area contributed by atoms with Crippen LogP contribution in [-0.4, -0.2) is 28.6 Å². The van der Waals surface area contributed by atoms with Gasteiger partial charge in [-0.2, -0.15) is 5.10 Å². The first kappa shape index (κ1) is 16.4. The van der Waals surface area contributed by atoms with E-state index in [2.05, 4.69) is 15.7 Å². The van der Waals surface area contributed by atoms with Crippen molar-refractivity contribution in [3.63, 3.8) is 0 Å². The molecule has 0 radical (unpaired) electrons. The summed E-state index contributed by atoms with van der Waals surface area (Å²) in [7, 11) is 1.52. The first-order valence-corrected chi connectivity index (χ1v) is 7.27. The van der Waals surface area contributed by atoms with Crippen LogP contribution in [0.25, 0.3) is 0 Å². The zero-order chi connectivity index (χ0) is 16.8. The lowest BCUT2D eigenvalue weighted by Gasteiger charge is -2.10. The van der Waals surface area contributed by atoms with Crippen molar-refractivity contribution < 1.29 is 9.59 Å². The van der Waals surface area contributed by atoms with Crippen molar-refractivity contribution in [3.05, 3.63) is 58.0 Å². The Balaban J connectivity index is 2.28. The van der Waals surface area contributed by atoms with Crippen molar-refractivity contribution in [2.24, 2.45) is 0 Å². The van der Waals surface area contributed by atoms with E-state index < -0.39 is 5.91 Å². The van der Waals surface area contributed by atoms with Crippen molar-refractivity contribution in [1.82, 2.24) is 15.1 Å². The average Bonchev–Trinajstić information content (AvgIpc) is 2.56. The van der Waals surface area contributed by atoms with Gasteiger partial charge in [-0.25, -0.2) is 4.68 Å². The maximum Gasteiger partial charge on any atom is 0.276 e. The molecule has 0 unspecified atom stereocenters. The standard InChI is InChI=1S/C16H18N4O3/c1-3-10-20-14(21)9-8-13(19-20)16(23)18-12-7-5-4-6-11(12)15(22)17-2/h4-9H,3,10H2,1-2H3,(H,17,22)(H,18,23). The Kier molecular flexibility index (Phi) is 5.24. The molecule has 0 aliphatic rings. The van der Waals surface area contributed by atoms with Crippen LogP contribution in [0, 0.1) is 0 Å². The second-order valence-corrected chi connectivity index (χ2v) is 4.86. The summed E-state index contributed by atoms with van der Waals surface area (Å²) in [6, 6.07) is 9.34. The minimum absolute atomic E-state index is 0.116. The van der Waals surface area contributed by atoms with Crippen LogP contribution < -0.4 is 16.2 Å². The minimum Gasteiger partial charge on any atom is -0.355 e. The summed E-state index contributed by atoms with van der Waals surface area (Å²) in [4.78, 5) is 35.8. The molecule has 0 saturated heterocycles. The molecule has 0 spiro atoms. The van der Waals surface area contributed by atoms with Gasteiger partial charge in [0.1, 0.15) is 5.69 Å². The van der Waals surface area contributed by atoms with Crippen LogP contribution in [0.1, 0.15) is 34.2 Å². The Morgan fingerprint density at radius 1 is 1.13 bits per heavy atom. The zero-order valence-electron chi connectivity index (χ0n) is 13.0. The molecule has 0 atom stereocenters. The molecule has 23 heavy (non-hydrogen) atoms. The van der Waals surface area contributed by atoms with Crippen LogP contribution in [0.15, 0.2) is 41.2 Å². The number of carbonyl (C=O) groups is 2. The third-order valence-electron chi connectivity index (χ3n) is 3.18. The summed E-state index contributed by atoms with van der Waals surface area (Å²) in [5.41, 5.74) is 0.594. The third kappa shape index (κ3) is 3.82. The Morgan fingerprint density at radius 3 is 2.57 bits per heavy atom. The van der Waals surface area contributed by atoms with Gasteiger partial charge in [-0.3, -0.25) is 14.4 Å². The third-order valence-corrected chi connectivity index (χ3v) is 3.18. The van der Waals surface area contributed by atoms with Gasteiger partial charge in [-0.15, -0.1) is 0 Å². The van der Waals surface area contributed by atoms with Crippen LogP contribution in [-0.2, 0) is 6.54 Å². The molecule has 0 aliphatic carbocycles. The first-order valence-electron chi connectivity index (χ1n) is 7.27. The van der Waals surface area contributed by atoms with Crippen LogP contribution in [0.4, 0.5) is 5.69 Å². The highest BCUT2D eigenvalue weighted by molar-refractivity contribution is 6.08. The molecule has 0 aliphatic heterocycles. The molecule has 0 saturated carbocycles. The molecule has 1 aromatic heterocycles. The van der Waals surface area contributed by atoms with Gasteiger partial charge < -0.3 is 10.6 Å². The second kappa shape index (κ2) is 7.35. The summed E-state index contributed by atoms with van der Waals surface area (Å²) in [5, 5.41) is 9.21. The fraction of sp³-hybridized carbons (Fsp3) is 0.250. The molecule has 1 aromatic carbocycles. The van der Waals surface area contributed by atoms with E-state index in [1.165, 1.54) is 23.9 Å². The monoisotopic (exact) mass is 314 g/mol. The number of anilines is 1. The first-order chi connectivity index (χ1) is 11.1. The molecule has 7 heteroatoms. The number of rotatable bonds is 5. The topological polar surface area (TPSA) is 93.1 Å². The summed E-state index contributed by atoms with van der Waals surface area (Å²) < 4.78 is 1.25. The van der Waals surface area contributed by atoms with Gasteiger partial charge in [0.15, 0.2) is 0 Å². The predicted octanol–water partition coefficient (Wildman–Crippen LogP) is 1.27. The van der Waals surface area contributed by atoms with Crippen molar-refractivity contribution in [2.75, 3.05) is 12.4 Å². The minimum atomic E-state index is -0.480. The fourth-order valence-corrected chi connectivity index (χ4v) is 2.05. The van der Waals surface area contributed by atoms with E-state index in [9.17, 15) is 14.4 Å². The molecular formula is C16H18N4O3. The molecule has 0 bridgehead atoms. The SMILES string of the molecule is CCCn1nc(C(=O)Nc2ccccc2C(=O)NC)ccc1=O. The van der Waals surface area contributed by atoms with Crippen LogP contribution in [0.2, 0.25) is 0 Å². The summed E-state index contributed by atoms with van der Waals surface area (Å²) in [6.45, 7) is 2.36. The predicted molar refractivity (Wildman–Crippen MR) is 86.6 cm³/mol. The Bertz CT molecular complexity index is 783. The summed E-state index contributed by atoms with van der Waals surface area (Å²) in [6.07, 6.45) is 0.734. The van der Waals surface area contributed by atoms with E-state index in [-0.39, 0.29) is 17.2 Å². The zero-order valence-corrected chi connectivity index (χ0v) is 13.0. The normalized spacial score (nSPS) is 10.2. The number of amides is 2. The molecule has 2 amide bonds. The number of nitrogens with zero attached hydrogens (tertiary/aromatic N) is 2. The molecule has 120 valence electrons. The van der Waals surface area contributed by atoms with E-state index in [0.29, 0.717) is 17.8 Å². The van der Waals surface area contributed by atoms with Crippen LogP contribution >= 0.6 is 0 Å². The van der Waals surface area contributed by atoms with E-state index in [1.807, 2.05) is 6.92 Å². The van der Waals surface area contributed by atoms with Crippen LogP contribution in [0.5, 0.6) is 0 Å². The van der Waals surface area contributed by atoms with Crippen LogP contribution in [0.3, 0.4) is 0 Å². The van der Waals surface area contributed by atoms with E-state index in [1.54, 1.807) is 24.3 Å². The number of hydrogen-bond acceptors (Lipinski definition) is 4. The number of aromatic nitrogens is 2. The van der Waals surface area contributed by atoms with Gasteiger partial charge in [-0.1, -0.05) is 19.1 Å². The molecule has 7 nitrogen and oxygen atoms in total. The number of carbonyl (C=O) groups excluding carboxylic acids is 2. The summed E-state index contributed by atoms with van der Waals surface area (Å²) in [5.74, 6) is -0.781. The number of nitrogens with one attached hydrogen (secondary N) is 2. The second-order valence-electron chi connectivity index (χ2n) is 4.86. The number of para-hydroxylation sites is 1. The Morgan fingerprint density at radius 2 is 1.87 bits per heavy atom. The molecule has 2 rings (SSSR count). The van der Waals surface area contributed by atoms with Crippen molar-refractivity contribution in [3.8, 4) is 0 Å². The maximum atomic E-state index is 12.3. The highest BCUT2D eigenvalue weighted by Crippen LogP contribution is 2.15. The smallest absolute Gasteiger partial charge is 0.276 e. The maximum absolute atomic E-state index is 12.3. The largest absolute Gasteiger partial charge is 0.355 e. The number of benzene rings is 1. The van der Waals surface area contributed by atoms with Gasteiger partial charge >= 0.3 is 0 Å². The van der Waals surface area contributed by atoms with Crippen molar-refractivity contribution >= 4 is 17.5 Å². The van der Waals surface area contributed by atoms with Gasteiger partial charge in [-0.05, 0) is 24.6 Å². The molecule has 2 aromatic rings. The number of aryl methyl sites for hydroxylation is 1. The van der Waals surface area contributed by atoms with Gasteiger partial charge in [0.2, 0.25) is 0 Å². The quantitative estimate of drug-likeness (QED) is 0.869. The summed E-state index contributed by atoms with van der Waals surface area (Å²) >= 11 is 0. The highest BCUT2D eigenvalue weighted by Gasteiger charge is 2.14. The molecular weight excluding hydrogens is 296 g/mol. The van der Waals surface area contributed by atoms with Crippen molar-refractivity contribution in [2.45, 2.75) is 19.9 Å². The molecule has 0 fully saturated rings. The molecule has 1 heterocycles. The van der Waals surface area contributed by atoms with Gasteiger partial charge in [0.25, 0.3) is 17.4 Å². The average molecular weight is 314 g/mol. The van der Waals surface area contributed by atoms with Gasteiger partial charge in [0, 0.05) is 19.7 Å². The van der Waals surface area contributed by atoms with E-state index >= 15 is 0 Å². The lowest BCUT2D eigenvalue weighted by molar-refractivity contribution is 0.0964. The Hall–Kier alpha value is -2.96. The fourth-order valence-electron chi connectivity index (χ4n) is 2.05. The molecule has 2 N–H and O–H groups in total. The van der Waals surface area contributed by atoms with Crippen molar-refractivity contribution in [1.29, 1.82) is 0 Å². The van der Waals surface area contributed by atoms with Gasteiger partial charge in [0.05, 0.1) is 11.3 Å². The number of hydrogen-bond donors (Lipinski definition) is 2. The van der Waals surface area contributed by atoms with E-state index in [4.69, 9.17) is 0 Å².